The fraction of sp³-hybridized carbons (Fsp3) is 0.222. The van der Waals surface area contributed by atoms with Crippen LogP contribution in [-0.4, -0.2) is 31.2 Å². The minimum Gasteiger partial charge on any atom is -0.488 e. The molecule has 6 nitrogen and oxygen atoms in total. The lowest BCUT2D eigenvalue weighted by atomic mass is 10.0. The Balaban J connectivity index is 1.43. The van der Waals surface area contributed by atoms with Crippen molar-refractivity contribution < 1.29 is 22.4 Å². The van der Waals surface area contributed by atoms with Crippen LogP contribution in [0.15, 0.2) is 90.0 Å². The first-order chi connectivity index (χ1) is 16.4. The maximum Gasteiger partial charge on any atom is 0.297 e. The summed E-state index contributed by atoms with van der Waals surface area (Å²) in [6.45, 7) is 1.97. The summed E-state index contributed by atoms with van der Waals surface area (Å²) in [5.74, 6) is 0.717. The lowest BCUT2D eigenvalue weighted by Gasteiger charge is -2.16. The highest BCUT2D eigenvalue weighted by Gasteiger charge is 2.18. The van der Waals surface area contributed by atoms with Crippen LogP contribution in [0.5, 0.6) is 5.75 Å². The first kappa shape index (κ1) is 23.9. The Labute approximate surface area is 199 Å². The highest BCUT2D eigenvalue weighted by atomic mass is 32.2. The number of rotatable bonds is 10. The second-order valence-corrected chi connectivity index (χ2v) is 9.76. The van der Waals surface area contributed by atoms with E-state index in [2.05, 4.69) is 4.98 Å². The third-order valence-electron chi connectivity index (χ3n) is 5.52. The zero-order valence-corrected chi connectivity index (χ0v) is 19.7. The Kier molecular flexibility index (Phi) is 7.57. The van der Waals surface area contributed by atoms with Crippen molar-refractivity contribution in [3.05, 3.63) is 102 Å². The Morgan fingerprint density at radius 3 is 2.47 bits per heavy atom. The van der Waals surface area contributed by atoms with Gasteiger partial charge in [-0.1, -0.05) is 54.1 Å². The number of hydrogen-bond acceptors (Lipinski definition) is 6. The largest absolute Gasteiger partial charge is 0.488 e. The van der Waals surface area contributed by atoms with Gasteiger partial charge >= 0.3 is 0 Å². The van der Waals surface area contributed by atoms with Crippen molar-refractivity contribution >= 4 is 21.0 Å². The van der Waals surface area contributed by atoms with Gasteiger partial charge in [-0.3, -0.25) is 9.17 Å². The van der Waals surface area contributed by atoms with E-state index in [9.17, 15) is 13.5 Å². The number of benzene rings is 3. The predicted molar refractivity (Wildman–Crippen MR) is 131 cm³/mol. The SMILES string of the molecule is Cc1ccc(S(=O)(=O)OC[C@@H](O)CCc2ccc3ncccc3c2OCc2ccccc2)cc1. The number of nitrogens with zero attached hydrogens (tertiary/aromatic N) is 1. The van der Waals surface area contributed by atoms with E-state index in [1.807, 2.05) is 61.5 Å². The van der Waals surface area contributed by atoms with E-state index < -0.39 is 16.2 Å². The van der Waals surface area contributed by atoms with Gasteiger partial charge < -0.3 is 9.84 Å². The molecule has 0 radical (unpaired) electrons. The van der Waals surface area contributed by atoms with Crippen LogP contribution in [0.1, 0.15) is 23.1 Å². The summed E-state index contributed by atoms with van der Waals surface area (Å²) in [5.41, 5.74) is 3.73. The number of ether oxygens (including phenoxy) is 1. The van der Waals surface area contributed by atoms with Crippen LogP contribution >= 0.6 is 0 Å². The average Bonchev–Trinajstić information content (AvgIpc) is 2.86. The number of aliphatic hydroxyl groups excluding tert-OH is 1. The molecule has 4 aromatic rings. The molecule has 34 heavy (non-hydrogen) atoms. The van der Waals surface area contributed by atoms with E-state index in [-0.39, 0.29) is 11.5 Å². The normalized spacial score (nSPS) is 12.5. The number of pyridine rings is 1. The molecule has 3 aromatic carbocycles. The van der Waals surface area contributed by atoms with Gasteiger partial charge in [0.1, 0.15) is 12.4 Å². The van der Waals surface area contributed by atoms with Gasteiger partial charge in [-0.2, -0.15) is 8.42 Å². The van der Waals surface area contributed by atoms with Crippen molar-refractivity contribution in [3.8, 4) is 5.75 Å². The van der Waals surface area contributed by atoms with Gasteiger partial charge in [0.2, 0.25) is 0 Å². The Morgan fingerprint density at radius 2 is 1.71 bits per heavy atom. The molecule has 0 aliphatic heterocycles. The van der Waals surface area contributed by atoms with Crippen LogP contribution < -0.4 is 4.74 Å². The van der Waals surface area contributed by atoms with Gasteiger partial charge in [0.05, 0.1) is 23.1 Å². The third-order valence-corrected chi connectivity index (χ3v) is 6.81. The van der Waals surface area contributed by atoms with Crippen LogP contribution in [0, 0.1) is 6.92 Å². The molecule has 1 heterocycles. The quantitative estimate of drug-likeness (QED) is 0.330. The van der Waals surface area contributed by atoms with Gasteiger partial charge in [-0.15, -0.1) is 0 Å². The van der Waals surface area contributed by atoms with Crippen molar-refractivity contribution in [2.45, 2.75) is 37.4 Å². The molecule has 0 fully saturated rings. The topological polar surface area (TPSA) is 85.7 Å². The van der Waals surface area contributed by atoms with Gasteiger partial charge in [-0.05, 0) is 61.2 Å². The van der Waals surface area contributed by atoms with Crippen molar-refractivity contribution in [2.24, 2.45) is 0 Å². The maximum absolute atomic E-state index is 12.4. The Bertz CT molecular complexity index is 1340. The molecule has 0 saturated heterocycles. The smallest absolute Gasteiger partial charge is 0.297 e. The minimum absolute atomic E-state index is 0.0731. The number of aryl methyl sites for hydroxylation is 2. The van der Waals surface area contributed by atoms with Crippen LogP contribution in [0.2, 0.25) is 0 Å². The van der Waals surface area contributed by atoms with Gasteiger partial charge in [0.15, 0.2) is 0 Å². The molecule has 0 spiro atoms. The van der Waals surface area contributed by atoms with Crippen LogP contribution in [0.4, 0.5) is 0 Å². The lowest BCUT2D eigenvalue weighted by molar-refractivity contribution is 0.103. The zero-order valence-electron chi connectivity index (χ0n) is 18.9. The summed E-state index contributed by atoms with van der Waals surface area (Å²) in [5, 5.41) is 11.3. The molecule has 7 heteroatoms. The summed E-state index contributed by atoms with van der Waals surface area (Å²) in [6.07, 6.45) is 1.59. The molecule has 0 aliphatic carbocycles. The van der Waals surface area contributed by atoms with Crippen molar-refractivity contribution in [1.29, 1.82) is 0 Å². The molecule has 0 amide bonds. The number of aromatic nitrogens is 1. The zero-order chi connectivity index (χ0) is 24.0. The van der Waals surface area contributed by atoms with E-state index in [0.717, 1.165) is 33.3 Å². The second-order valence-electron chi connectivity index (χ2n) is 8.14. The minimum atomic E-state index is -3.92. The van der Waals surface area contributed by atoms with E-state index in [4.69, 9.17) is 8.92 Å². The first-order valence-electron chi connectivity index (χ1n) is 11.1. The maximum atomic E-state index is 12.4. The molecule has 0 aliphatic rings. The molecule has 1 N–H and O–H groups in total. The summed E-state index contributed by atoms with van der Waals surface area (Å²) < 4.78 is 36.1. The second kappa shape index (κ2) is 10.8. The average molecular weight is 478 g/mol. The monoisotopic (exact) mass is 477 g/mol. The molecular formula is C27H27NO5S. The van der Waals surface area contributed by atoms with Crippen LogP contribution in [0.25, 0.3) is 10.9 Å². The lowest BCUT2D eigenvalue weighted by Crippen LogP contribution is -2.19. The van der Waals surface area contributed by atoms with Crippen LogP contribution in [0.3, 0.4) is 0 Å². The molecule has 176 valence electrons. The Hall–Kier alpha value is -3.26. The van der Waals surface area contributed by atoms with Gasteiger partial charge in [0, 0.05) is 11.6 Å². The Morgan fingerprint density at radius 1 is 0.941 bits per heavy atom. The molecule has 4 rings (SSSR count). The summed E-state index contributed by atoms with van der Waals surface area (Å²) in [6, 6.07) is 24.0. The van der Waals surface area contributed by atoms with Crippen molar-refractivity contribution in [3.63, 3.8) is 0 Å². The fourth-order valence-electron chi connectivity index (χ4n) is 3.61. The van der Waals surface area contributed by atoms with Crippen LogP contribution in [-0.2, 0) is 27.3 Å². The highest BCUT2D eigenvalue weighted by molar-refractivity contribution is 7.86. The third kappa shape index (κ3) is 5.99. The summed E-state index contributed by atoms with van der Waals surface area (Å²) in [7, 11) is -3.92. The van der Waals surface area contributed by atoms with E-state index >= 15 is 0 Å². The summed E-state index contributed by atoms with van der Waals surface area (Å²) in [4.78, 5) is 4.48. The number of aliphatic hydroxyl groups is 1. The first-order valence-corrected chi connectivity index (χ1v) is 12.5. The van der Waals surface area contributed by atoms with E-state index in [1.54, 1.807) is 18.3 Å². The summed E-state index contributed by atoms with van der Waals surface area (Å²) >= 11 is 0. The van der Waals surface area contributed by atoms with Gasteiger partial charge in [-0.25, -0.2) is 0 Å². The van der Waals surface area contributed by atoms with Crippen molar-refractivity contribution in [2.75, 3.05) is 6.61 Å². The highest BCUT2D eigenvalue weighted by Crippen LogP contribution is 2.31. The molecule has 1 aromatic heterocycles. The fourth-order valence-corrected chi connectivity index (χ4v) is 4.56. The predicted octanol–water partition coefficient (Wildman–Crippen LogP) is 4.82. The molecule has 0 saturated carbocycles. The number of hydrogen-bond donors (Lipinski definition) is 1. The number of fused-ring (bicyclic) bond motifs is 1. The van der Waals surface area contributed by atoms with E-state index in [1.165, 1.54) is 12.1 Å². The molecular weight excluding hydrogens is 450 g/mol. The molecule has 0 bridgehead atoms. The van der Waals surface area contributed by atoms with Gasteiger partial charge in [0.25, 0.3) is 10.1 Å². The van der Waals surface area contributed by atoms with E-state index in [0.29, 0.717) is 19.4 Å². The molecule has 0 unspecified atom stereocenters. The molecule has 1 atom stereocenters. The standard InChI is InChI=1S/C27H27NO5S/c1-20-9-14-24(15-10-20)34(30,31)33-19-23(29)13-11-22-12-16-26-25(8-5-17-28-26)27(22)32-18-21-6-3-2-4-7-21/h2-10,12,14-17,23,29H,11,13,18-19H2,1H3/t23-/m0/s1. The van der Waals surface area contributed by atoms with Crippen molar-refractivity contribution in [1.82, 2.24) is 4.98 Å².